The van der Waals surface area contributed by atoms with Crippen LogP contribution in [0.25, 0.3) is 22.3 Å². The standard InChI is InChI=1S/C19H23N5O2S/c1-3-23-12-15(14-6-4-5-7-16(14)23)18-20-21-19(22(18)2)27-13-17(25)24-8-10-26-11-9-24/h4-7,12H,3,8-11,13H2,1-2H3. The molecular formula is C19H23N5O2S. The maximum atomic E-state index is 12.4. The van der Waals surface area contributed by atoms with Crippen molar-refractivity contribution in [3.8, 4) is 11.4 Å². The number of aryl methyl sites for hydroxylation is 1. The number of carbonyl (C=O) groups is 1. The van der Waals surface area contributed by atoms with E-state index >= 15 is 0 Å². The summed E-state index contributed by atoms with van der Waals surface area (Å²) in [4.78, 5) is 14.2. The van der Waals surface area contributed by atoms with Crippen LogP contribution in [0.2, 0.25) is 0 Å². The number of hydrogen-bond donors (Lipinski definition) is 0. The number of ether oxygens (including phenoxy) is 1. The van der Waals surface area contributed by atoms with Gasteiger partial charge in [-0.25, -0.2) is 0 Å². The molecule has 0 unspecified atom stereocenters. The fourth-order valence-electron chi connectivity index (χ4n) is 3.39. The van der Waals surface area contributed by atoms with Crippen molar-refractivity contribution in [3.05, 3.63) is 30.5 Å². The first-order chi connectivity index (χ1) is 13.2. The normalized spacial score (nSPS) is 14.8. The van der Waals surface area contributed by atoms with Crippen LogP contribution >= 0.6 is 11.8 Å². The van der Waals surface area contributed by atoms with Crippen molar-refractivity contribution in [1.82, 2.24) is 24.2 Å². The summed E-state index contributed by atoms with van der Waals surface area (Å²) < 4.78 is 9.49. The molecule has 7 nitrogen and oxygen atoms in total. The number of rotatable bonds is 5. The molecule has 0 radical (unpaired) electrons. The molecule has 1 fully saturated rings. The molecule has 0 saturated carbocycles. The number of fused-ring (bicyclic) bond motifs is 1. The van der Waals surface area contributed by atoms with Crippen LogP contribution in [0, 0.1) is 0 Å². The number of nitrogens with zero attached hydrogens (tertiary/aromatic N) is 5. The van der Waals surface area contributed by atoms with Crippen LogP contribution in [0.4, 0.5) is 0 Å². The first kappa shape index (κ1) is 18.1. The largest absolute Gasteiger partial charge is 0.378 e. The highest BCUT2D eigenvalue weighted by atomic mass is 32.2. The molecule has 27 heavy (non-hydrogen) atoms. The zero-order valence-electron chi connectivity index (χ0n) is 15.6. The monoisotopic (exact) mass is 385 g/mol. The van der Waals surface area contributed by atoms with Gasteiger partial charge < -0.3 is 18.8 Å². The van der Waals surface area contributed by atoms with Crippen molar-refractivity contribution in [3.63, 3.8) is 0 Å². The van der Waals surface area contributed by atoms with Gasteiger partial charge in [0, 0.05) is 49.3 Å². The van der Waals surface area contributed by atoms with Gasteiger partial charge in [-0.05, 0) is 13.0 Å². The van der Waals surface area contributed by atoms with Crippen LogP contribution in [0.15, 0.2) is 35.6 Å². The Bertz CT molecular complexity index is 958. The third-order valence-corrected chi connectivity index (χ3v) is 5.90. The molecule has 1 aliphatic rings. The van der Waals surface area contributed by atoms with Crippen molar-refractivity contribution >= 4 is 28.6 Å². The van der Waals surface area contributed by atoms with Gasteiger partial charge in [0.1, 0.15) is 0 Å². The Balaban J connectivity index is 1.55. The minimum Gasteiger partial charge on any atom is -0.378 e. The lowest BCUT2D eigenvalue weighted by molar-refractivity contribution is -0.132. The summed E-state index contributed by atoms with van der Waals surface area (Å²) in [6.07, 6.45) is 2.13. The second kappa shape index (κ2) is 7.74. The van der Waals surface area contributed by atoms with Gasteiger partial charge in [0.2, 0.25) is 5.91 Å². The zero-order valence-corrected chi connectivity index (χ0v) is 16.4. The fraction of sp³-hybridized carbons (Fsp3) is 0.421. The topological polar surface area (TPSA) is 65.2 Å². The van der Waals surface area contributed by atoms with E-state index in [4.69, 9.17) is 4.74 Å². The Labute approximate surface area is 162 Å². The smallest absolute Gasteiger partial charge is 0.233 e. The van der Waals surface area contributed by atoms with E-state index < -0.39 is 0 Å². The van der Waals surface area contributed by atoms with E-state index in [1.165, 1.54) is 17.3 Å². The van der Waals surface area contributed by atoms with Crippen molar-refractivity contribution in [1.29, 1.82) is 0 Å². The number of para-hydroxylation sites is 1. The number of amides is 1. The second-order valence-electron chi connectivity index (χ2n) is 6.49. The van der Waals surface area contributed by atoms with Crippen LogP contribution < -0.4 is 0 Å². The van der Waals surface area contributed by atoms with Crippen molar-refractivity contribution in [2.24, 2.45) is 7.05 Å². The Morgan fingerprint density at radius 2 is 2.00 bits per heavy atom. The molecule has 0 spiro atoms. The van der Waals surface area contributed by atoms with E-state index in [1.807, 2.05) is 28.6 Å². The zero-order chi connectivity index (χ0) is 18.8. The van der Waals surface area contributed by atoms with Gasteiger partial charge in [-0.2, -0.15) is 0 Å². The van der Waals surface area contributed by atoms with Gasteiger partial charge in [0.15, 0.2) is 11.0 Å². The molecule has 0 bridgehead atoms. The molecule has 3 heterocycles. The predicted molar refractivity (Wildman–Crippen MR) is 106 cm³/mol. The molecule has 3 aromatic rings. The van der Waals surface area contributed by atoms with E-state index in [0.29, 0.717) is 32.1 Å². The third-order valence-electron chi connectivity index (χ3n) is 4.89. The Hall–Kier alpha value is -2.32. The van der Waals surface area contributed by atoms with Crippen molar-refractivity contribution in [2.75, 3.05) is 32.1 Å². The van der Waals surface area contributed by atoms with Gasteiger partial charge in [-0.15, -0.1) is 10.2 Å². The summed E-state index contributed by atoms with van der Waals surface area (Å²) in [5.74, 6) is 1.30. The summed E-state index contributed by atoms with van der Waals surface area (Å²) in [7, 11) is 1.95. The predicted octanol–water partition coefficient (Wildman–Crippen LogP) is 2.41. The highest BCUT2D eigenvalue weighted by molar-refractivity contribution is 7.99. The lowest BCUT2D eigenvalue weighted by Crippen LogP contribution is -2.41. The van der Waals surface area contributed by atoms with E-state index in [9.17, 15) is 4.79 Å². The molecule has 0 atom stereocenters. The highest BCUT2D eigenvalue weighted by Crippen LogP contribution is 2.31. The van der Waals surface area contributed by atoms with Crippen LogP contribution in [0.1, 0.15) is 6.92 Å². The van der Waals surface area contributed by atoms with Crippen molar-refractivity contribution in [2.45, 2.75) is 18.6 Å². The first-order valence-corrected chi connectivity index (χ1v) is 10.1. The maximum absolute atomic E-state index is 12.4. The molecule has 1 aromatic carbocycles. The second-order valence-corrected chi connectivity index (χ2v) is 7.44. The Kier molecular flexibility index (Phi) is 5.18. The molecular weight excluding hydrogens is 362 g/mol. The number of carbonyl (C=O) groups excluding carboxylic acids is 1. The summed E-state index contributed by atoms with van der Waals surface area (Å²) in [5, 5.41) is 10.6. The molecule has 1 aliphatic heterocycles. The van der Waals surface area contributed by atoms with Gasteiger partial charge in [0.05, 0.1) is 19.0 Å². The summed E-state index contributed by atoms with van der Waals surface area (Å²) in [6.45, 7) is 5.59. The minimum absolute atomic E-state index is 0.121. The average molecular weight is 385 g/mol. The van der Waals surface area contributed by atoms with E-state index in [0.717, 1.165) is 28.5 Å². The molecule has 4 rings (SSSR count). The summed E-state index contributed by atoms with van der Waals surface area (Å²) in [5.41, 5.74) is 2.25. The van der Waals surface area contributed by atoms with E-state index in [1.54, 1.807) is 0 Å². The van der Waals surface area contributed by atoms with Crippen LogP contribution in [0.3, 0.4) is 0 Å². The van der Waals surface area contributed by atoms with Gasteiger partial charge in [0.25, 0.3) is 0 Å². The Morgan fingerprint density at radius 1 is 1.22 bits per heavy atom. The van der Waals surface area contributed by atoms with Crippen molar-refractivity contribution < 1.29 is 9.53 Å². The van der Waals surface area contributed by atoms with Crippen LogP contribution in [-0.2, 0) is 23.1 Å². The number of thioether (sulfide) groups is 1. The number of hydrogen-bond acceptors (Lipinski definition) is 5. The lowest BCUT2D eigenvalue weighted by Gasteiger charge is -2.26. The number of benzene rings is 1. The average Bonchev–Trinajstić information content (AvgIpc) is 3.27. The SMILES string of the molecule is CCn1cc(-c2nnc(SCC(=O)N3CCOCC3)n2C)c2ccccc21. The third kappa shape index (κ3) is 3.46. The van der Waals surface area contributed by atoms with Gasteiger partial charge in [-0.3, -0.25) is 4.79 Å². The molecule has 1 amide bonds. The molecule has 0 N–H and O–H groups in total. The fourth-order valence-corrected chi connectivity index (χ4v) is 4.21. The minimum atomic E-state index is 0.121. The molecule has 0 aliphatic carbocycles. The first-order valence-electron chi connectivity index (χ1n) is 9.15. The quantitative estimate of drug-likeness (QED) is 0.631. The molecule has 142 valence electrons. The lowest BCUT2D eigenvalue weighted by atomic mass is 10.1. The number of aromatic nitrogens is 4. The van der Waals surface area contributed by atoms with E-state index in [2.05, 4.69) is 40.0 Å². The molecule has 1 saturated heterocycles. The van der Waals surface area contributed by atoms with Gasteiger partial charge >= 0.3 is 0 Å². The van der Waals surface area contributed by atoms with Crippen LogP contribution in [0.5, 0.6) is 0 Å². The molecule has 2 aromatic heterocycles. The van der Waals surface area contributed by atoms with Gasteiger partial charge in [-0.1, -0.05) is 30.0 Å². The highest BCUT2D eigenvalue weighted by Gasteiger charge is 2.20. The Morgan fingerprint density at radius 3 is 2.78 bits per heavy atom. The summed E-state index contributed by atoms with van der Waals surface area (Å²) in [6, 6.07) is 8.32. The maximum Gasteiger partial charge on any atom is 0.233 e. The summed E-state index contributed by atoms with van der Waals surface area (Å²) >= 11 is 1.43. The van der Waals surface area contributed by atoms with E-state index in [-0.39, 0.29) is 5.91 Å². The number of morpholine rings is 1. The molecule has 8 heteroatoms. The van der Waals surface area contributed by atoms with Crippen LogP contribution in [-0.4, -0.2) is 62.2 Å².